The second kappa shape index (κ2) is 9.43. The molecule has 1 atom stereocenters. The lowest BCUT2D eigenvalue weighted by molar-refractivity contribution is -0.937. The van der Waals surface area contributed by atoms with Gasteiger partial charge in [-0.3, -0.25) is 0 Å². The summed E-state index contributed by atoms with van der Waals surface area (Å²) in [4.78, 5) is 3.91. The Kier molecular flexibility index (Phi) is 6.46. The van der Waals surface area contributed by atoms with Gasteiger partial charge in [0.15, 0.2) is 6.04 Å². The van der Waals surface area contributed by atoms with Crippen molar-refractivity contribution >= 4 is 5.69 Å². The second-order valence-corrected chi connectivity index (χ2v) is 8.39. The zero-order valence-corrected chi connectivity index (χ0v) is 18.3. The number of piperazine rings is 1. The standard InChI is InChI=1S/C23H29FN6O/c1-17(2)22(23-25-26-27-30(23)16-18-4-6-19(24)7-5-18)29-14-12-28(13-15-29)20-8-10-21(31-3)11-9-20/h4-11,17,22H,12-16H2,1-3H3/p+1/t22-/m1/s1. The van der Waals surface area contributed by atoms with Crippen molar-refractivity contribution in [3.63, 3.8) is 0 Å². The first kappa shape index (κ1) is 21.2. The minimum atomic E-state index is -0.236. The van der Waals surface area contributed by atoms with Crippen molar-refractivity contribution < 1.29 is 14.0 Å². The van der Waals surface area contributed by atoms with Crippen LogP contribution in [0.4, 0.5) is 10.1 Å². The first-order valence-corrected chi connectivity index (χ1v) is 10.8. The molecular formula is C23H30FN6O+. The Morgan fingerprint density at radius 1 is 1.03 bits per heavy atom. The van der Waals surface area contributed by atoms with Crippen LogP contribution >= 0.6 is 0 Å². The number of hydrogen-bond acceptors (Lipinski definition) is 5. The predicted molar refractivity (Wildman–Crippen MR) is 117 cm³/mol. The Labute approximate surface area is 182 Å². The summed E-state index contributed by atoms with van der Waals surface area (Å²) >= 11 is 0. The summed E-state index contributed by atoms with van der Waals surface area (Å²) in [5, 5.41) is 12.6. The number of halogens is 1. The van der Waals surface area contributed by atoms with Gasteiger partial charge >= 0.3 is 0 Å². The molecule has 1 fully saturated rings. The highest BCUT2D eigenvalue weighted by atomic mass is 19.1. The van der Waals surface area contributed by atoms with Crippen molar-refractivity contribution in [1.29, 1.82) is 0 Å². The maximum Gasteiger partial charge on any atom is 0.209 e. The van der Waals surface area contributed by atoms with E-state index in [1.165, 1.54) is 22.7 Å². The summed E-state index contributed by atoms with van der Waals surface area (Å²) in [5.74, 6) is 1.92. The van der Waals surface area contributed by atoms with E-state index in [9.17, 15) is 4.39 Å². The van der Waals surface area contributed by atoms with Crippen LogP contribution in [0.15, 0.2) is 48.5 Å². The summed E-state index contributed by atoms with van der Waals surface area (Å²) in [5.41, 5.74) is 2.21. The zero-order valence-electron chi connectivity index (χ0n) is 18.3. The number of ether oxygens (including phenoxy) is 1. The summed E-state index contributed by atoms with van der Waals surface area (Å²) in [6.07, 6.45) is 0. The van der Waals surface area contributed by atoms with E-state index in [-0.39, 0.29) is 11.9 Å². The fraction of sp³-hybridized carbons (Fsp3) is 0.435. The minimum Gasteiger partial charge on any atom is -0.497 e. The smallest absolute Gasteiger partial charge is 0.209 e. The van der Waals surface area contributed by atoms with Gasteiger partial charge in [0.1, 0.15) is 11.6 Å². The van der Waals surface area contributed by atoms with E-state index in [1.807, 2.05) is 16.8 Å². The van der Waals surface area contributed by atoms with Crippen molar-refractivity contribution in [3.8, 4) is 5.75 Å². The van der Waals surface area contributed by atoms with Gasteiger partial charge in [0.2, 0.25) is 5.82 Å². The molecule has 31 heavy (non-hydrogen) atoms. The highest BCUT2D eigenvalue weighted by Crippen LogP contribution is 2.21. The Hall–Kier alpha value is -3.00. The van der Waals surface area contributed by atoms with Crippen LogP contribution in [-0.4, -0.2) is 53.5 Å². The lowest BCUT2D eigenvalue weighted by atomic mass is 10.0. The first-order valence-electron chi connectivity index (χ1n) is 10.8. The molecular weight excluding hydrogens is 395 g/mol. The number of rotatable bonds is 7. The van der Waals surface area contributed by atoms with Crippen molar-refractivity contribution in [2.45, 2.75) is 26.4 Å². The number of nitrogens with zero attached hydrogens (tertiary/aromatic N) is 5. The number of hydrogen-bond donors (Lipinski definition) is 1. The van der Waals surface area contributed by atoms with Crippen LogP contribution in [0.2, 0.25) is 0 Å². The average molecular weight is 426 g/mol. The van der Waals surface area contributed by atoms with Crippen LogP contribution < -0.4 is 14.5 Å². The molecule has 0 saturated carbocycles. The van der Waals surface area contributed by atoms with Gasteiger partial charge in [-0.2, -0.15) is 0 Å². The molecule has 0 aliphatic carbocycles. The molecule has 4 rings (SSSR count). The molecule has 0 amide bonds. The molecule has 0 unspecified atom stereocenters. The SMILES string of the molecule is COc1ccc(N2CC[NH+]([C@@H](c3nnnn3Cc3ccc(F)cc3)C(C)C)CC2)cc1. The van der Waals surface area contributed by atoms with E-state index in [1.54, 1.807) is 19.2 Å². The molecule has 164 valence electrons. The minimum absolute atomic E-state index is 0.202. The van der Waals surface area contributed by atoms with Gasteiger partial charge in [-0.1, -0.05) is 26.0 Å². The number of benzene rings is 2. The predicted octanol–water partition coefficient (Wildman–Crippen LogP) is 1.97. The highest BCUT2D eigenvalue weighted by molar-refractivity contribution is 5.49. The summed E-state index contributed by atoms with van der Waals surface area (Å²) in [6.45, 7) is 8.97. The van der Waals surface area contributed by atoms with E-state index in [4.69, 9.17) is 4.74 Å². The number of tetrazole rings is 1. The molecule has 2 heterocycles. The second-order valence-electron chi connectivity index (χ2n) is 8.39. The number of quaternary nitrogens is 1. The molecule has 1 aromatic heterocycles. The van der Waals surface area contributed by atoms with E-state index < -0.39 is 0 Å². The van der Waals surface area contributed by atoms with Gasteiger partial charge in [-0.05, 0) is 52.4 Å². The van der Waals surface area contributed by atoms with E-state index >= 15 is 0 Å². The van der Waals surface area contributed by atoms with Crippen molar-refractivity contribution in [2.75, 3.05) is 38.2 Å². The Balaban J connectivity index is 1.46. The van der Waals surface area contributed by atoms with Crippen molar-refractivity contribution in [2.24, 2.45) is 5.92 Å². The zero-order chi connectivity index (χ0) is 21.8. The van der Waals surface area contributed by atoms with Gasteiger partial charge in [-0.15, -0.1) is 5.10 Å². The first-order chi connectivity index (χ1) is 15.0. The van der Waals surface area contributed by atoms with Crippen LogP contribution in [0.3, 0.4) is 0 Å². The Morgan fingerprint density at radius 3 is 2.32 bits per heavy atom. The van der Waals surface area contributed by atoms with Crippen LogP contribution in [0, 0.1) is 11.7 Å². The normalized spacial score (nSPS) is 16.0. The van der Waals surface area contributed by atoms with Crippen LogP contribution in [-0.2, 0) is 6.54 Å². The third-order valence-corrected chi connectivity index (χ3v) is 6.03. The number of anilines is 1. The Bertz CT molecular complexity index is 964. The summed E-state index contributed by atoms with van der Waals surface area (Å²) in [7, 11) is 1.69. The maximum absolute atomic E-state index is 13.3. The largest absolute Gasteiger partial charge is 0.497 e. The Morgan fingerprint density at radius 2 is 1.71 bits per heavy atom. The fourth-order valence-electron chi connectivity index (χ4n) is 4.42. The monoisotopic (exact) mass is 425 g/mol. The fourth-order valence-corrected chi connectivity index (χ4v) is 4.42. The van der Waals surface area contributed by atoms with E-state index in [0.29, 0.717) is 12.5 Å². The molecule has 7 nitrogen and oxygen atoms in total. The van der Waals surface area contributed by atoms with Gasteiger partial charge in [-0.25, -0.2) is 9.07 Å². The lowest BCUT2D eigenvalue weighted by Gasteiger charge is -2.38. The highest BCUT2D eigenvalue weighted by Gasteiger charge is 2.35. The quantitative estimate of drug-likeness (QED) is 0.627. The molecule has 3 aromatic rings. The molecule has 8 heteroatoms. The van der Waals surface area contributed by atoms with Gasteiger partial charge in [0.25, 0.3) is 0 Å². The number of nitrogens with one attached hydrogen (secondary N) is 1. The molecule has 0 spiro atoms. The lowest BCUT2D eigenvalue weighted by Crippen LogP contribution is -3.15. The maximum atomic E-state index is 13.3. The summed E-state index contributed by atoms with van der Waals surface area (Å²) < 4.78 is 20.4. The van der Waals surface area contributed by atoms with Gasteiger partial charge < -0.3 is 14.5 Å². The van der Waals surface area contributed by atoms with Crippen LogP contribution in [0.1, 0.15) is 31.3 Å². The third kappa shape index (κ3) is 4.85. The third-order valence-electron chi connectivity index (χ3n) is 6.03. The van der Waals surface area contributed by atoms with Crippen LogP contribution in [0.25, 0.3) is 0 Å². The van der Waals surface area contributed by atoms with E-state index in [0.717, 1.165) is 43.3 Å². The van der Waals surface area contributed by atoms with Crippen LogP contribution in [0.5, 0.6) is 5.75 Å². The van der Waals surface area contributed by atoms with Gasteiger partial charge in [0, 0.05) is 11.6 Å². The summed E-state index contributed by atoms with van der Waals surface area (Å²) in [6, 6.07) is 15.0. The van der Waals surface area contributed by atoms with Gasteiger partial charge in [0.05, 0.1) is 39.8 Å². The van der Waals surface area contributed by atoms with Crippen molar-refractivity contribution in [3.05, 3.63) is 65.7 Å². The number of methoxy groups -OCH3 is 1. The number of aromatic nitrogens is 4. The molecule has 1 aliphatic heterocycles. The molecule has 0 bridgehead atoms. The molecule has 1 saturated heterocycles. The van der Waals surface area contributed by atoms with Crippen molar-refractivity contribution in [1.82, 2.24) is 20.2 Å². The van der Waals surface area contributed by atoms with E-state index in [2.05, 4.69) is 46.4 Å². The molecule has 1 N–H and O–H groups in total. The molecule has 2 aromatic carbocycles. The topological polar surface area (TPSA) is 60.5 Å². The molecule has 1 aliphatic rings. The molecule has 0 radical (unpaired) electrons. The average Bonchev–Trinajstić information content (AvgIpc) is 3.23.